The van der Waals surface area contributed by atoms with E-state index in [1.54, 1.807) is 0 Å². The van der Waals surface area contributed by atoms with E-state index in [9.17, 15) is 0 Å². The van der Waals surface area contributed by atoms with Gasteiger partial charge in [0.2, 0.25) is 0 Å². The molecule has 2 nitrogen and oxygen atoms in total. The molecule has 0 bridgehead atoms. The fraction of sp³-hybridized carbons (Fsp3) is 0.0462. The van der Waals surface area contributed by atoms with Gasteiger partial charge in [-0.25, -0.2) is 0 Å². The first-order valence-electron chi connectivity index (χ1n) is 23.5. The van der Waals surface area contributed by atoms with Crippen molar-refractivity contribution in [3.63, 3.8) is 0 Å². The summed E-state index contributed by atoms with van der Waals surface area (Å²) >= 11 is 0. The average Bonchev–Trinajstić information content (AvgIpc) is 4.10. The quantitative estimate of drug-likeness (QED) is 0.141. The largest absolute Gasteiger partial charge is 0.309 e. The molecule has 2 heterocycles. The maximum absolute atomic E-state index is 2.54. The van der Waals surface area contributed by atoms with Crippen molar-refractivity contribution in [2.75, 3.05) is 0 Å². The molecule has 0 amide bonds. The second-order valence-electron chi connectivity index (χ2n) is 18.4. The standard InChI is InChI=1S/C65H44N2/c1-7-19-57-49(13-1)50-14-2-8-20-58(50)65(57)59-41-45(27-25-43-29-35-47(36-30-43)66-61-21-9-3-15-53(61)54-16-4-10-22-62(54)66)33-39-51(59)52-40-34-46(42-60(52)65)28-26-44-31-37-48(38-32-44)67-63-23-11-5-17-55(63)56-18-6-12-24-64(56)67/h1-25,27,29-42H,26,28H2/b27-25+. The van der Waals surface area contributed by atoms with Crippen molar-refractivity contribution in [1.82, 2.24) is 9.13 Å². The Bertz CT molecular complexity index is 3820. The molecule has 0 aliphatic heterocycles. The third kappa shape index (κ3) is 5.63. The number of para-hydroxylation sites is 4. The second-order valence-corrected chi connectivity index (χ2v) is 18.4. The van der Waals surface area contributed by atoms with Crippen LogP contribution in [-0.2, 0) is 18.3 Å². The number of rotatable bonds is 7. The lowest BCUT2D eigenvalue weighted by Gasteiger charge is -2.31. The third-order valence-electron chi connectivity index (χ3n) is 14.9. The Morgan fingerprint density at radius 3 is 1.21 bits per heavy atom. The normalized spacial score (nSPS) is 13.3. The van der Waals surface area contributed by atoms with Gasteiger partial charge in [0.1, 0.15) is 0 Å². The summed E-state index contributed by atoms with van der Waals surface area (Å²) < 4.78 is 4.78. The van der Waals surface area contributed by atoms with Crippen LogP contribution in [-0.4, -0.2) is 9.13 Å². The molecular weight excluding hydrogens is 809 g/mol. The zero-order chi connectivity index (χ0) is 44.1. The molecular formula is C65H44N2. The molecule has 14 rings (SSSR count). The van der Waals surface area contributed by atoms with Crippen LogP contribution in [0.4, 0.5) is 0 Å². The van der Waals surface area contributed by atoms with Crippen LogP contribution in [0.3, 0.4) is 0 Å². The van der Waals surface area contributed by atoms with Crippen molar-refractivity contribution in [2.45, 2.75) is 18.3 Å². The molecule has 0 fully saturated rings. The van der Waals surface area contributed by atoms with E-state index in [1.165, 1.54) is 116 Å². The van der Waals surface area contributed by atoms with Gasteiger partial charge in [-0.3, -0.25) is 0 Å². The van der Waals surface area contributed by atoms with Crippen LogP contribution in [0, 0.1) is 0 Å². The topological polar surface area (TPSA) is 9.86 Å². The lowest BCUT2D eigenvalue weighted by molar-refractivity contribution is 0.790. The van der Waals surface area contributed by atoms with E-state index >= 15 is 0 Å². The van der Waals surface area contributed by atoms with Crippen molar-refractivity contribution in [3.05, 3.63) is 275 Å². The third-order valence-corrected chi connectivity index (χ3v) is 14.9. The van der Waals surface area contributed by atoms with Crippen LogP contribution in [0.5, 0.6) is 0 Å². The zero-order valence-electron chi connectivity index (χ0n) is 36.9. The van der Waals surface area contributed by atoms with Gasteiger partial charge >= 0.3 is 0 Å². The van der Waals surface area contributed by atoms with Crippen molar-refractivity contribution in [3.8, 4) is 33.6 Å². The van der Waals surface area contributed by atoms with Gasteiger partial charge in [-0.2, -0.15) is 0 Å². The number of fused-ring (bicyclic) bond motifs is 16. The molecule has 67 heavy (non-hydrogen) atoms. The van der Waals surface area contributed by atoms with Crippen molar-refractivity contribution < 1.29 is 0 Å². The Morgan fingerprint density at radius 1 is 0.299 bits per heavy atom. The van der Waals surface area contributed by atoms with E-state index in [1.807, 2.05) is 0 Å². The maximum atomic E-state index is 2.54. The molecule has 314 valence electrons. The van der Waals surface area contributed by atoms with Crippen molar-refractivity contribution in [2.24, 2.45) is 0 Å². The minimum atomic E-state index is -0.411. The van der Waals surface area contributed by atoms with Gasteiger partial charge in [0, 0.05) is 32.9 Å². The Hall–Kier alpha value is -8.46. The molecule has 0 saturated heterocycles. The lowest BCUT2D eigenvalue weighted by atomic mass is 9.70. The first kappa shape index (κ1) is 37.9. The minimum absolute atomic E-state index is 0.411. The Labute approximate surface area is 390 Å². The Balaban J connectivity index is 0.804. The predicted octanol–water partition coefficient (Wildman–Crippen LogP) is 16.2. The minimum Gasteiger partial charge on any atom is -0.309 e. The predicted molar refractivity (Wildman–Crippen MR) is 281 cm³/mol. The summed E-state index contributed by atoms with van der Waals surface area (Å²) in [5, 5.41) is 5.13. The zero-order valence-corrected chi connectivity index (χ0v) is 36.9. The van der Waals surface area contributed by atoms with E-state index in [2.05, 4.69) is 252 Å². The van der Waals surface area contributed by atoms with Gasteiger partial charge in [-0.1, -0.05) is 188 Å². The smallest absolute Gasteiger partial charge is 0.0725 e. The van der Waals surface area contributed by atoms with E-state index in [4.69, 9.17) is 0 Å². The molecule has 2 aliphatic rings. The molecule has 0 saturated carbocycles. The van der Waals surface area contributed by atoms with Crippen molar-refractivity contribution >= 4 is 55.8 Å². The highest BCUT2D eigenvalue weighted by atomic mass is 15.0. The van der Waals surface area contributed by atoms with Crippen molar-refractivity contribution in [1.29, 1.82) is 0 Å². The molecule has 2 aliphatic carbocycles. The van der Waals surface area contributed by atoms with Gasteiger partial charge in [0.15, 0.2) is 0 Å². The van der Waals surface area contributed by atoms with Crippen LogP contribution in [0.1, 0.15) is 44.5 Å². The molecule has 0 unspecified atom stereocenters. The van der Waals surface area contributed by atoms with E-state index in [0.29, 0.717) is 0 Å². The van der Waals surface area contributed by atoms with Crippen LogP contribution in [0.15, 0.2) is 231 Å². The number of hydrogen-bond donors (Lipinski definition) is 0. The lowest BCUT2D eigenvalue weighted by Crippen LogP contribution is -2.26. The highest BCUT2D eigenvalue weighted by Crippen LogP contribution is 2.63. The van der Waals surface area contributed by atoms with Crippen LogP contribution in [0.2, 0.25) is 0 Å². The van der Waals surface area contributed by atoms with Gasteiger partial charge in [-0.15, -0.1) is 0 Å². The first-order chi connectivity index (χ1) is 33.2. The summed E-state index contributed by atoms with van der Waals surface area (Å²) in [5.74, 6) is 0. The van der Waals surface area contributed by atoms with E-state index in [0.717, 1.165) is 18.5 Å². The maximum Gasteiger partial charge on any atom is 0.0725 e. The summed E-state index contributed by atoms with van der Waals surface area (Å²) in [7, 11) is 0. The summed E-state index contributed by atoms with van der Waals surface area (Å²) in [6.07, 6.45) is 6.47. The van der Waals surface area contributed by atoms with Crippen LogP contribution < -0.4 is 0 Å². The number of hydrogen-bond acceptors (Lipinski definition) is 0. The molecule has 12 aromatic rings. The van der Waals surface area contributed by atoms with Crippen LogP contribution in [0.25, 0.3) is 89.4 Å². The van der Waals surface area contributed by atoms with Gasteiger partial charge in [0.25, 0.3) is 0 Å². The molecule has 2 aromatic heterocycles. The van der Waals surface area contributed by atoms with Crippen LogP contribution >= 0.6 is 0 Å². The molecule has 2 heteroatoms. The Kier molecular flexibility index (Phi) is 8.36. The number of aromatic nitrogens is 2. The summed E-state index contributed by atoms with van der Waals surface area (Å²) in [6.45, 7) is 0. The summed E-state index contributed by atoms with van der Waals surface area (Å²) in [6, 6.07) is 85.8. The van der Waals surface area contributed by atoms with E-state index in [-0.39, 0.29) is 0 Å². The fourth-order valence-corrected chi connectivity index (χ4v) is 11.9. The molecule has 0 radical (unpaired) electrons. The summed E-state index contributed by atoms with van der Waals surface area (Å²) in [4.78, 5) is 0. The highest BCUT2D eigenvalue weighted by molar-refractivity contribution is 6.10. The van der Waals surface area contributed by atoms with Gasteiger partial charge in [0.05, 0.1) is 27.5 Å². The van der Waals surface area contributed by atoms with Gasteiger partial charge < -0.3 is 9.13 Å². The molecule has 10 aromatic carbocycles. The Morgan fingerprint density at radius 2 is 0.672 bits per heavy atom. The SMILES string of the molecule is C(=C\c1ccc2c(c1)C1(c3ccccc3-c3ccccc31)c1cc(CCc3ccc(-n4c5ccccc5c5ccccc54)cc3)ccc1-2)/c1ccc(-n2c3ccccc3c3ccccc32)cc1. The second kappa shape index (κ2) is 14.8. The fourth-order valence-electron chi connectivity index (χ4n) is 11.9. The monoisotopic (exact) mass is 852 g/mol. The van der Waals surface area contributed by atoms with E-state index < -0.39 is 5.41 Å². The summed E-state index contributed by atoms with van der Waals surface area (Å²) in [5.41, 5.74) is 22.8. The van der Waals surface area contributed by atoms with Gasteiger partial charge in [-0.05, 0) is 134 Å². The average molecular weight is 853 g/mol. The molecule has 0 atom stereocenters. The number of nitrogens with zero attached hydrogens (tertiary/aromatic N) is 2. The highest BCUT2D eigenvalue weighted by Gasteiger charge is 2.51. The molecule has 0 N–H and O–H groups in total. The molecule has 1 spiro atoms. The number of benzene rings is 10. The first-order valence-corrected chi connectivity index (χ1v) is 23.5. The number of aryl methyl sites for hydroxylation is 2.